The Balaban J connectivity index is 1.46. The van der Waals surface area contributed by atoms with Gasteiger partial charge in [-0.05, 0) is 61.6 Å². The number of aromatic hydroxyl groups is 1. The van der Waals surface area contributed by atoms with Gasteiger partial charge in [-0.2, -0.15) is 0 Å². The molecule has 2 aromatic rings. The smallest absolute Gasteiger partial charge is 0.240 e. The van der Waals surface area contributed by atoms with Gasteiger partial charge in [0.05, 0.1) is 4.90 Å². The van der Waals surface area contributed by atoms with E-state index in [-0.39, 0.29) is 5.41 Å². The number of rotatable bonds is 6. The zero-order valence-electron chi connectivity index (χ0n) is 17.0. The highest BCUT2D eigenvalue weighted by Crippen LogP contribution is 2.43. The maximum absolute atomic E-state index is 12.4. The third-order valence-electron chi connectivity index (χ3n) is 6.21. The van der Waals surface area contributed by atoms with Gasteiger partial charge >= 0.3 is 0 Å². The van der Waals surface area contributed by atoms with Crippen molar-refractivity contribution in [3.05, 3.63) is 53.1 Å². The van der Waals surface area contributed by atoms with Crippen molar-refractivity contribution >= 4 is 15.7 Å². The van der Waals surface area contributed by atoms with Crippen LogP contribution >= 0.6 is 0 Å². The maximum Gasteiger partial charge on any atom is 0.240 e. The molecule has 3 N–H and O–H groups in total. The van der Waals surface area contributed by atoms with Crippen LogP contribution in [0.25, 0.3) is 0 Å². The van der Waals surface area contributed by atoms with Crippen molar-refractivity contribution in [2.45, 2.75) is 31.6 Å². The SMILES string of the molecule is Cc1cc2c(c(C)c1O)CC1(CNC1)CN2CCCNS(=O)(=O)c1ccccc1. The maximum atomic E-state index is 12.4. The molecule has 1 spiro atoms. The molecule has 29 heavy (non-hydrogen) atoms. The summed E-state index contributed by atoms with van der Waals surface area (Å²) in [7, 11) is -3.47. The lowest BCUT2D eigenvalue weighted by Gasteiger charge is -2.51. The van der Waals surface area contributed by atoms with Crippen molar-refractivity contribution in [1.82, 2.24) is 10.0 Å². The van der Waals surface area contributed by atoms with Gasteiger partial charge in [0.25, 0.3) is 0 Å². The van der Waals surface area contributed by atoms with Crippen LogP contribution in [0, 0.1) is 19.3 Å². The number of nitrogens with zero attached hydrogens (tertiary/aromatic N) is 1. The van der Waals surface area contributed by atoms with Crippen LogP contribution in [0.15, 0.2) is 41.3 Å². The number of anilines is 1. The summed E-state index contributed by atoms with van der Waals surface area (Å²) in [5.41, 5.74) is 4.48. The minimum Gasteiger partial charge on any atom is -0.507 e. The molecule has 0 atom stereocenters. The predicted octanol–water partition coefficient (Wildman–Crippen LogP) is 2.33. The molecule has 0 radical (unpaired) electrons. The zero-order valence-corrected chi connectivity index (χ0v) is 17.8. The lowest BCUT2D eigenvalue weighted by Crippen LogP contribution is -2.62. The van der Waals surface area contributed by atoms with Gasteiger partial charge in [-0.25, -0.2) is 13.1 Å². The van der Waals surface area contributed by atoms with E-state index in [1.807, 2.05) is 13.8 Å². The number of sulfonamides is 1. The molecule has 4 rings (SSSR count). The average molecular weight is 416 g/mol. The van der Waals surface area contributed by atoms with Gasteiger partial charge in [0.2, 0.25) is 10.0 Å². The highest BCUT2D eigenvalue weighted by Gasteiger charge is 2.43. The molecule has 1 saturated heterocycles. The number of hydrogen-bond acceptors (Lipinski definition) is 5. The molecule has 2 aliphatic rings. The summed E-state index contributed by atoms with van der Waals surface area (Å²) in [5, 5.41) is 13.8. The van der Waals surface area contributed by atoms with E-state index in [2.05, 4.69) is 21.0 Å². The molecule has 6 nitrogen and oxygen atoms in total. The number of nitrogens with one attached hydrogen (secondary N) is 2. The minimum absolute atomic E-state index is 0.211. The number of hydrogen-bond donors (Lipinski definition) is 3. The summed E-state index contributed by atoms with van der Waals surface area (Å²) in [5.74, 6) is 0.392. The lowest BCUT2D eigenvalue weighted by atomic mass is 9.72. The van der Waals surface area contributed by atoms with E-state index in [0.717, 1.165) is 43.7 Å². The number of phenolic OH excluding ortho intramolecular Hbond substituents is 1. The summed E-state index contributed by atoms with van der Waals surface area (Å²) in [4.78, 5) is 2.67. The Bertz CT molecular complexity index is 1000. The molecule has 0 unspecified atom stereocenters. The Kier molecular flexibility index (Phi) is 5.31. The number of aryl methyl sites for hydroxylation is 1. The first kappa shape index (κ1) is 20.2. The first-order chi connectivity index (χ1) is 13.8. The van der Waals surface area contributed by atoms with Crippen LogP contribution in [0.4, 0.5) is 5.69 Å². The third-order valence-corrected chi connectivity index (χ3v) is 7.69. The van der Waals surface area contributed by atoms with E-state index in [9.17, 15) is 13.5 Å². The van der Waals surface area contributed by atoms with E-state index >= 15 is 0 Å². The third kappa shape index (κ3) is 3.86. The molecular weight excluding hydrogens is 386 g/mol. The van der Waals surface area contributed by atoms with Gasteiger partial charge < -0.3 is 15.3 Å². The van der Waals surface area contributed by atoms with Crippen molar-refractivity contribution in [1.29, 1.82) is 0 Å². The fourth-order valence-corrected chi connectivity index (χ4v) is 5.59. The average Bonchev–Trinajstić information content (AvgIpc) is 2.69. The molecule has 156 valence electrons. The Morgan fingerprint density at radius 1 is 1.21 bits per heavy atom. The van der Waals surface area contributed by atoms with Gasteiger partial charge in [-0.1, -0.05) is 18.2 Å². The summed E-state index contributed by atoms with van der Waals surface area (Å²) in [6.45, 7) is 8.03. The Morgan fingerprint density at radius 3 is 2.59 bits per heavy atom. The van der Waals surface area contributed by atoms with Crippen molar-refractivity contribution in [3.63, 3.8) is 0 Å². The summed E-state index contributed by atoms with van der Waals surface area (Å²) < 4.78 is 27.5. The quantitative estimate of drug-likeness (QED) is 0.631. The van der Waals surface area contributed by atoms with E-state index in [1.165, 1.54) is 11.3 Å². The first-order valence-corrected chi connectivity index (χ1v) is 11.6. The van der Waals surface area contributed by atoms with E-state index in [1.54, 1.807) is 30.3 Å². The van der Waals surface area contributed by atoms with Crippen LogP contribution in [-0.4, -0.2) is 46.2 Å². The zero-order chi connectivity index (χ0) is 20.6. The molecule has 7 heteroatoms. The second-order valence-electron chi connectivity index (χ2n) is 8.43. The monoisotopic (exact) mass is 415 g/mol. The van der Waals surface area contributed by atoms with Crippen LogP contribution in [0.1, 0.15) is 23.1 Å². The largest absolute Gasteiger partial charge is 0.507 e. The standard InChI is InChI=1S/C22H29N3O3S/c1-16-11-20-19(17(2)21(16)26)12-22(13-23-14-22)15-25(20)10-6-9-24-29(27,28)18-7-4-3-5-8-18/h3-5,7-8,11,23-24,26H,6,9-10,12-15H2,1-2H3. The van der Waals surface area contributed by atoms with Gasteiger partial charge in [0.15, 0.2) is 0 Å². The van der Waals surface area contributed by atoms with Crippen molar-refractivity contribution < 1.29 is 13.5 Å². The van der Waals surface area contributed by atoms with Gasteiger partial charge in [-0.15, -0.1) is 0 Å². The highest BCUT2D eigenvalue weighted by atomic mass is 32.2. The van der Waals surface area contributed by atoms with E-state index in [0.29, 0.717) is 23.6 Å². The molecule has 0 aromatic heterocycles. The Morgan fingerprint density at radius 2 is 1.93 bits per heavy atom. The topological polar surface area (TPSA) is 81.7 Å². The van der Waals surface area contributed by atoms with Crippen LogP contribution in [0.5, 0.6) is 5.75 Å². The predicted molar refractivity (Wildman–Crippen MR) is 115 cm³/mol. The van der Waals surface area contributed by atoms with Crippen LogP contribution < -0.4 is 14.9 Å². The van der Waals surface area contributed by atoms with E-state index in [4.69, 9.17) is 0 Å². The van der Waals surface area contributed by atoms with Crippen molar-refractivity contribution in [2.75, 3.05) is 37.6 Å². The van der Waals surface area contributed by atoms with E-state index < -0.39 is 10.0 Å². The molecule has 0 bridgehead atoms. The molecule has 2 aromatic carbocycles. The molecule has 1 fully saturated rings. The first-order valence-electron chi connectivity index (χ1n) is 10.1. The second-order valence-corrected chi connectivity index (χ2v) is 10.2. The second kappa shape index (κ2) is 7.63. The van der Waals surface area contributed by atoms with Crippen LogP contribution in [0.3, 0.4) is 0 Å². The van der Waals surface area contributed by atoms with Crippen molar-refractivity contribution in [2.24, 2.45) is 5.41 Å². The fraction of sp³-hybridized carbons (Fsp3) is 0.455. The summed E-state index contributed by atoms with van der Waals surface area (Å²) >= 11 is 0. The van der Waals surface area contributed by atoms with Crippen LogP contribution in [0.2, 0.25) is 0 Å². The fourth-order valence-electron chi connectivity index (χ4n) is 4.49. The molecule has 0 amide bonds. The Hall–Kier alpha value is -2.09. The molecular formula is C22H29N3O3S. The molecule has 2 aliphatic heterocycles. The highest BCUT2D eigenvalue weighted by molar-refractivity contribution is 7.89. The van der Waals surface area contributed by atoms with Crippen LogP contribution in [-0.2, 0) is 16.4 Å². The number of benzene rings is 2. The lowest BCUT2D eigenvalue weighted by molar-refractivity contribution is 0.166. The van der Waals surface area contributed by atoms with Gasteiger partial charge in [0, 0.05) is 43.8 Å². The molecule has 2 heterocycles. The number of fused-ring (bicyclic) bond motifs is 1. The van der Waals surface area contributed by atoms with Gasteiger partial charge in [0.1, 0.15) is 5.75 Å². The van der Waals surface area contributed by atoms with Gasteiger partial charge in [-0.3, -0.25) is 0 Å². The molecule has 0 saturated carbocycles. The molecule has 0 aliphatic carbocycles. The minimum atomic E-state index is -3.47. The normalized spacial score (nSPS) is 17.8. The summed E-state index contributed by atoms with van der Waals surface area (Å²) in [6.07, 6.45) is 1.69. The number of phenols is 1. The summed E-state index contributed by atoms with van der Waals surface area (Å²) in [6, 6.07) is 10.5. The Labute approximate surface area is 173 Å². The van der Waals surface area contributed by atoms with Crippen molar-refractivity contribution in [3.8, 4) is 5.75 Å².